The normalized spacial score (nSPS) is 31.1. The zero-order valence-corrected chi connectivity index (χ0v) is 16.4. The number of aromatic nitrogens is 2. The van der Waals surface area contributed by atoms with Crippen LogP contribution in [0.2, 0.25) is 0 Å². The number of likely N-dealkylation sites (tertiary alicyclic amines) is 1. The Morgan fingerprint density at radius 1 is 1.36 bits per heavy atom. The minimum Gasteiger partial charge on any atom is -0.465 e. The second-order valence-corrected chi connectivity index (χ2v) is 9.26. The van der Waals surface area contributed by atoms with Gasteiger partial charge < -0.3 is 14.6 Å². The van der Waals surface area contributed by atoms with Crippen LogP contribution in [0.15, 0.2) is 9.21 Å². The van der Waals surface area contributed by atoms with Crippen molar-refractivity contribution in [3.8, 4) is 0 Å². The van der Waals surface area contributed by atoms with Crippen LogP contribution in [0.25, 0.3) is 0 Å². The van der Waals surface area contributed by atoms with Crippen molar-refractivity contribution in [1.29, 1.82) is 0 Å². The number of imidazole rings is 1. The molecule has 1 spiro atoms. The summed E-state index contributed by atoms with van der Waals surface area (Å²) in [4.78, 5) is 17.6. The Hall–Kier alpha value is -0.560. The summed E-state index contributed by atoms with van der Waals surface area (Å²) in [5.74, 6) is 1.49. The van der Waals surface area contributed by atoms with Crippen LogP contribution in [0.4, 0.5) is 4.79 Å². The SMILES string of the molecule is Cn1c(C2CC3(C2)CN(C(=O)O)C3C(C)(C)C)nc(Br)c1Br. The topological polar surface area (TPSA) is 58.4 Å². The van der Waals surface area contributed by atoms with Gasteiger partial charge in [-0.3, -0.25) is 0 Å². The highest BCUT2D eigenvalue weighted by Gasteiger charge is 2.64. The van der Waals surface area contributed by atoms with Crippen LogP contribution >= 0.6 is 31.9 Å². The Kier molecular flexibility index (Phi) is 3.68. The third-order valence-electron chi connectivity index (χ3n) is 5.14. The standard InChI is InChI=1S/C15H21Br2N3O2/c1-14(2,3)12-15(7-20(12)13(21)22)5-8(6-15)11-18-9(16)10(17)19(11)4/h8,12H,5-7H2,1-4H3,(H,21,22). The summed E-state index contributed by atoms with van der Waals surface area (Å²) in [6, 6.07) is 0.0981. The van der Waals surface area contributed by atoms with Gasteiger partial charge in [-0.25, -0.2) is 9.78 Å². The molecule has 2 aliphatic rings. The van der Waals surface area contributed by atoms with Gasteiger partial charge in [-0.1, -0.05) is 20.8 Å². The highest BCUT2D eigenvalue weighted by atomic mass is 79.9. The van der Waals surface area contributed by atoms with E-state index >= 15 is 0 Å². The van der Waals surface area contributed by atoms with Crippen LogP contribution in [0.3, 0.4) is 0 Å². The average molecular weight is 435 g/mol. The number of hydrogen-bond acceptors (Lipinski definition) is 2. The lowest BCUT2D eigenvalue weighted by Gasteiger charge is -2.67. The fourth-order valence-corrected chi connectivity index (χ4v) is 5.30. The molecule has 0 aromatic carbocycles. The van der Waals surface area contributed by atoms with E-state index in [9.17, 15) is 9.90 Å². The summed E-state index contributed by atoms with van der Waals surface area (Å²) in [7, 11) is 2.01. The first-order valence-electron chi connectivity index (χ1n) is 7.44. The first-order chi connectivity index (χ1) is 10.1. The second-order valence-electron chi connectivity index (χ2n) is 7.76. The van der Waals surface area contributed by atoms with Gasteiger partial charge in [0.15, 0.2) is 0 Å². The molecular formula is C15H21Br2N3O2. The van der Waals surface area contributed by atoms with Crippen LogP contribution < -0.4 is 0 Å². The molecule has 122 valence electrons. The van der Waals surface area contributed by atoms with Gasteiger partial charge in [-0.2, -0.15) is 0 Å². The van der Waals surface area contributed by atoms with Crippen molar-refractivity contribution in [2.75, 3.05) is 6.54 Å². The molecule has 0 radical (unpaired) electrons. The van der Waals surface area contributed by atoms with E-state index in [1.54, 1.807) is 4.90 Å². The number of halogens is 2. The average Bonchev–Trinajstić information content (AvgIpc) is 2.51. The van der Waals surface area contributed by atoms with Crippen LogP contribution in [0, 0.1) is 10.8 Å². The summed E-state index contributed by atoms with van der Waals surface area (Å²) >= 11 is 6.98. The molecule has 7 heteroatoms. The van der Waals surface area contributed by atoms with E-state index in [1.165, 1.54) is 0 Å². The fourth-order valence-electron chi connectivity index (χ4n) is 4.58. The number of amides is 1. The second kappa shape index (κ2) is 4.97. The molecule has 1 saturated heterocycles. The lowest BCUT2D eigenvalue weighted by atomic mass is 9.48. The molecule has 1 aromatic heterocycles. The number of hydrogen-bond donors (Lipinski definition) is 1. The quantitative estimate of drug-likeness (QED) is 0.719. The van der Waals surface area contributed by atoms with Crippen molar-refractivity contribution in [3.05, 3.63) is 15.0 Å². The molecule has 22 heavy (non-hydrogen) atoms. The molecule has 2 fully saturated rings. The molecule has 1 aromatic rings. The first-order valence-corrected chi connectivity index (χ1v) is 9.02. The summed E-state index contributed by atoms with van der Waals surface area (Å²) in [6.45, 7) is 7.06. The minimum atomic E-state index is -0.795. The predicted octanol–water partition coefficient (Wildman–Crippen LogP) is 4.22. The molecule has 1 atom stereocenters. The van der Waals surface area contributed by atoms with Gasteiger partial charge in [0.2, 0.25) is 0 Å². The zero-order chi connectivity index (χ0) is 16.4. The summed E-state index contributed by atoms with van der Waals surface area (Å²) in [5, 5.41) is 9.38. The van der Waals surface area contributed by atoms with Gasteiger partial charge in [-0.05, 0) is 50.1 Å². The van der Waals surface area contributed by atoms with Crippen LogP contribution in [0.1, 0.15) is 45.4 Å². The van der Waals surface area contributed by atoms with Gasteiger partial charge in [-0.15, -0.1) is 0 Å². The third-order valence-corrected chi connectivity index (χ3v) is 7.13. The van der Waals surface area contributed by atoms with Crippen molar-refractivity contribution < 1.29 is 9.90 Å². The highest BCUT2D eigenvalue weighted by molar-refractivity contribution is 9.13. The van der Waals surface area contributed by atoms with E-state index in [1.807, 2.05) is 7.05 Å². The molecule has 2 heterocycles. The van der Waals surface area contributed by atoms with Crippen LogP contribution in [-0.2, 0) is 7.05 Å². The maximum Gasteiger partial charge on any atom is 0.407 e. The molecule has 1 unspecified atom stereocenters. The molecule has 5 nitrogen and oxygen atoms in total. The lowest BCUT2D eigenvalue weighted by molar-refractivity contribution is -0.159. The monoisotopic (exact) mass is 433 g/mol. The number of carboxylic acid groups (broad SMARTS) is 1. The Morgan fingerprint density at radius 3 is 2.36 bits per heavy atom. The van der Waals surface area contributed by atoms with Crippen molar-refractivity contribution in [2.45, 2.75) is 45.6 Å². The summed E-state index contributed by atoms with van der Waals surface area (Å²) in [5.41, 5.74) is 0.0939. The lowest BCUT2D eigenvalue weighted by Crippen LogP contribution is -2.73. The van der Waals surface area contributed by atoms with Gasteiger partial charge in [0.25, 0.3) is 0 Å². The molecule has 1 saturated carbocycles. The zero-order valence-electron chi connectivity index (χ0n) is 13.2. The number of carbonyl (C=O) groups is 1. The van der Waals surface area contributed by atoms with E-state index in [-0.39, 0.29) is 16.9 Å². The maximum absolute atomic E-state index is 11.4. The smallest absolute Gasteiger partial charge is 0.407 e. The summed E-state index contributed by atoms with van der Waals surface area (Å²) in [6.07, 6.45) is 1.24. The van der Waals surface area contributed by atoms with Gasteiger partial charge in [0.1, 0.15) is 15.0 Å². The highest BCUT2D eigenvalue weighted by Crippen LogP contribution is 2.63. The Balaban J connectivity index is 1.79. The molecule has 1 aliphatic carbocycles. The van der Waals surface area contributed by atoms with Crippen molar-refractivity contribution in [3.63, 3.8) is 0 Å². The van der Waals surface area contributed by atoms with E-state index in [0.29, 0.717) is 12.5 Å². The Labute approximate surface area is 147 Å². The van der Waals surface area contributed by atoms with Gasteiger partial charge in [0.05, 0.1) is 0 Å². The molecule has 1 N–H and O–H groups in total. The molecule has 3 rings (SSSR count). The van der Waals surface area contributed by atoms with Crippen molar-refractivity contribution in [1.82, 2.24) is 14.5 Å². The van der Waals surface area contributed by atoms with Crippen LogP contribution in [0.5, 0.6) is 0 Å². The van der Waals surface area contributed by atoms with E-state index in [4.69, 9.17) is 0 Å². The van der Waals surface area contributed by atoms with Crippen molar-refractivity contribution >= 4 is 38.0 Å². The molecule has 0 bridgehead atoms. The van der Waals surface area contributed by atoms with Crippen LogP contribution in [-0.4, -0.2) is 38.2 Å². The first kappa shape index (κ1) is 16.3. The molecule has 1 amide bonds. The van der Waals surface area contributed by atoms with Gasteiger partial charge in [0, 0.05) is 31.0 Å². The Bertz CT molecular complexity index is 629. The van der Waals surface area contributed by atoms with E-state index < -0.39 is 6.09 Å². The van der Waals surface area contributed by atoms with Gasteiger partial charge >= 0.3 is 6.09 Å². The molecular weight excluding hydrogens is 414 g/mol. The molecule has 1 aliphatic heterocycles. The Morgan fingerprint density at radius 2 is 1.95 bits per heavy atom. The fraction of sp³-hybridized carbons (Fsp3) is 0.733. The predicted molar refractivity (Wildman–Crippen MR) is 91.0 cm³/mol. The van der Waals surface area contributed by atoms with E-state index in [0.717, 1.165) is 27.9 Å². The number of rotatable bonds is 1. The third kappa shape index (κ3) is 2.23. The summed E-state index contributed by atoms with van der Waals surface area (Å²) < 4.78 is 3.86. The minimum absolute atomic E-state index is 0.0373. The largest absolute Gasteiger partial charge is 0.465 e. The van der Waals surface area contributed by atoms with E-state index in [2.05, 4.69) is 62.2 Å². The maximum atomic E-state index is 11.4. The van der Waals surface area contributed by atoms with Crippen molar-refractivity contribution in [2.24, 2.45) is 17.9 Å². The number of nitrogens with zero attached hydrogens (tertiary/aromatic N) is 3.